The van der Waals surface area contributed by atoms with E-state index in [-0.39, 0.29) is 23.4 Å². The number of anilines is 1. The first-order valence-electron chi connectivity index (χ1n) is 10.1. The average molecular weight is 437 g/mol. The topological polar surface area (TPSA) is 86.7 Å². The van der Waals surface area contributed by atoms with Gasteiger partial charge >= 0.3 is 0 Å². The molecule has 164 valence electrons. The molecule has 0 saturated carbocycles. The van der Waals surface area contributed by atoms with Gasteiger partial charge in [0.15, 0.2) is 0 Å². The van der Waals surface area contributed by atoms with Crippen molar-refractivity contribution >= 4 is 21.6 Å². The molecule has 2 N–H and O–H groups in total. The number of carbonyl (C=O) groups excluding carboxylic acids is 1. The number of unbranched alkanes of at least 4 members (excludes halogenated alkanes) is 2. The Morgan fingerprint density at radius 3 is 2.03 bits per heavy atom. The molecule has 0 aliphatic heterocycles. The second kappa shape index (κ2) is 10.5. The van der Waals surface area contributed by atoms with Gasteiger partial charge in [-0.15, -0.1) is 0 Å². The number of halogens is 1. The lowest BCUT2D eigenvalue weighted by atomic mass is 9.90. The van der Waals surface area contributed by atoms with Gasteiger partial charge in [-0.2, -0.15) is 12.8 Å². The summed E-state index contributed by atoms with van der Waals surface area (Å²) in [6.07, 6.45) is 3.30. The molecule has 2 aromatic rings. The molecule has 0 aliphatic rings. The van der Waals surface area contributed by atoms with Crippen LogP contribution in [0.2, 0.25) is 0 Å². The Bertz CT molecular complexity index is 910. The van der Waals surface area contributed by atoms with Gasteiger partial charge in [0.2, 0.25) is 0 Å². The van der Waals surface area contributed by atoms with Gasteiger partial charge in [-0.25, -0.2) is 4.39 Å². The van der Waals surface area contributed by atoms with Crippen molar-refractivity contribution in [3.8, 4) is 0 Å². The van der Waals surface area contributed by atoms with Gasteiger partial charge in [0.1, 0.15) is 11.4 Å². The van der Waals surface area contributed by atoms with Crippen LogP contribution in [0.15, 0.2) is 59.5 Å². The summed E-state index contributed by atoms with van der Waals surface area (Å²) in [5, 5.41) is 11.0. The van der Waals surface area contributed by atoms with Gasteiger partial charge in [0.05, 0.1) is 10.6 Å². The largest absolute Gasteiger partial charge is 0.380 e. The molecule has 0 aromatic heterocycles. The molecule has 0 atom stereocenters. The van der Waals surface area contributed by atoms with E-state index in [0.29, 0.717) is 12.8 Å². The molecule has 6 nitrogen and oxygen atoms in total. The van der Waals surface area contributed by atoms with Crippen LogP contribution in [0.25, 0.3) is 0 Å². The van der Waals surface area contributed by atoms with E-state index in [9.17, 15) is 22.7 Å². The Morgan fingerprint density at radius 2 is 1.53 bits per heavy atom. The predicted octanol–water partition coefficient (Wildman–Crippen LogP) is 4.16. The molecule has 8 heteroatoms. The van der Waals surface area contributed by atoms with Crippen LogP contribution in [0.1, 0.15) is 52.4 Å². The second-order valence-corrected chi connectivity index (χ2v) is 9.03. The molecular weight excluding hydrogens is 407 g/mol. The van der Waals surface area contributed by atoms with Crippen molar-refractivity contribution in [2.24, 2.45) is 0 Å². The minimum absolute atomic E-state index is 0.182. The van der Waals surface area contributed by atoms with Crippen molar-refractivity contribution in [3.63, 3.8) is 0 Å². The number of hydrogen-bond donors (Lipinski definition) is 2. The zero-order valence-corrected chi connectivity index (χ0v) is 18.2. The zero-order chi connectivity index (χ0) is 22.2. The number of aliphatic hydroxyl groups is 1. The van der Waals surface area contributed by atoms with Crippen LogP contribution in [-0.4, -0.2) is 25.0 Å². The summed E-state index contributed by atoms with van der Waals surface area (Å²) in [5.41, 5.74) is 0.922. The number of benzene rings is 2. The van der Waals surface area contributed by atoms with Crippen LogP contribution in [0.5, 0.6) is 0 Å². The maximum atomic E-state index is 13.3. The number of nitrogens with zero attached hydrogens (tertiary/aromatic N) is 1. The van der Waals surface area contributed by atoms with E-state index in [1.165, 1.54) is 12.1 Å². The predicted molar refractivity (Wildman–Crippen MR) is 115 cm³/mol. The Balaban J connectivity index is 2.42. The van der Waals surface area contributed by atoms with Gasteiger partial charge in [0, 0.05) is 0 Å². The Morgan fingerprint density at radius 1 is 1.00 bits per heavy atom. The lowest BCUT2D eigenvalue weighted by Crippen LogP contribution is -2.55. The van der Waals surface area contributed by atoms with E-state index in [4.69, 9.17) is 0 Å². The summed E-state index contributed by atoms with van der Waals surface area (Å²) < 4.78 is 40.5. The molecule has 0 aliphatic carbocycles. The van der Waals surface area contributed by atoms with Gasteiger partial charge in [-0.1, -0.05) is 57.7 Å². The van der Waals surface area contributed by atoms with E-state index in [1.807, 2.05) is 13.8 Å². The summed E-state index contributed by atoms with van der Waals surface area (Å²) in [7, 11) is -4.24. The molecule has 0 unspecified atom stereocenters. The first-order valence-corrected chi connectivity index (χ1v) is 11.6. The van der Waals surface area contributed by atoms with Gasteiger partial charge in [0.25, 0.3) is 15.9 Å². The van der Waals surface area contributed by atoms with Crippen LogP contribution in [-0.2, 0) is 14.8 Å². The third-order valence-electron chi connectivity index (χ3n) is 4.86. The van der Waals surface area contributed by atoms with Crippen molar-refractivity contribution in [3.05, 3.63) is 60.4 Å². The first kappa shape index (κ1) is 23.8. The summed E-state index contributed by atoms with van der Waals surface area (Å²) >= 11 is 0. The highest BCUT2D eigenvalue weighted by molar-refractivity contribution is 7.92. The maximum absolute atomic E-state index is 13.3. The molecule has 0 bridgehead atoms. The van der Waals surface area contributed by atoms with Crippen molar-refractivity contribution < 1.29 is 22.7 Å². The molecule has 2 aromatic carbocycles. The highest BCUT2D eigenvalue weighted by Gasteiger charge is 2.38. The molecule has 2 rings (SSSR count). The number of hydrazine groups is 1. The van der Waals surface area contributed by atoms with E-state index < -0.39 is 27.3 Å². The number of para-hydroxylation sites is 1. The average Bonchev–Trinajstić information content (AvgIpc) is 2.75. The SMILES string of the molecule is CCCCC(O)(CCCC)C(=O)NN(c1ccccc1)S(=O)(=O)c1ccc(F)cc1. The van der Waals surface area contributed by atoms with Crippen LogP contribution in [0, 0.1) is 5.82 Å². The minimum Gasteiger partial charge on any atom is -0.380 e. The van der Waals surface area contributed by atoms with Crippen LogP contribution < -0.4 is 9.84 Å². The fourth-order valence-corrected chi connectivity index (χ4v) is 4.32. The van der Waals surface area contributed by atoms with E-state index in [0.717, 1.165) is 41.5 Å². The fourth-order valence-electron chi connectivity index (χ4n) is 3.03. The monoisotopic (exact) mass is 436 g/mol. The third kappa shape index (κ3) is 5.79. The summed E-state index contributed by atoms with van der Waals surface area (Å²) in [6, 6.07) is 12.4. The van der Waals surface area contributed by atoms with Crippen LogP contribution in [0.4, 0.5) is 10.1 Å². The lowest BCUT2D eigenvalue weighted by molar-refractivity contribution is -0.141. The van der Waals surface area contributed by atoms with Crippen molar-refractivity contribution in [1.82, 2.24) is 5.43 Å². The van der Waals surface area contributed by atoms with Gasteiger partial charge in [-0.3, -0.25) is 10.2 Å². The summed E-state index contributed by atoms with van der Waals surface area (Å²) in [6.45, 7) is 3.90. The molecular formula is C22H29FN2O4S. The molecule has 1 amide bonds. The highest BCUT2D eigenvalue weighted by atomic mass is 32.2. The third-order valence-corrected chi connectivity index (χ3v) is 6.51. The Kier molecular flexibility index (Phi) is 8.37. The maximum Gasteiger partial charge on any atom is 0.281 e. The molecule has 0 saturated heterocycles. The van der Waals surface area contributed by atoms with Gasteiger partial charge in [-0.05, 0) is 49.2 Å². The number of amides is 1. The molecule has 0 fully saturated rings. The number of sulfonamides is 1. The highest BCUT2D eigenvalue weighted by Crippen LogP contribution is 2.26. The number of hydrogen-bond acceptors (Lipinski definition) is 4. The van der Waals surface area contributed by atoms with Crippen molar-refractivity contribution in [2.75, 3.05) is 4.41 Å². The van der Waals surface area contributed by atoms with Crippen molar-refractivity contribution in [2.45, 2.75) is 62.9 Å². The van der Waals surface area contributed by atoms with Crippen LogP contribution >= 0.6 is 0 Å². The quantitative estimate of drug-likeness (QED) is 0.518. The van der Waals surface area contributed by atoms with Crippen LogP contribution in [0.3, 0.4) is 0 Å². The molecule has 0 radical (unpaired) electrons. The second-order valence-electron chi connectivity index (χ2n) is 7.24. The molecule has 30 heavy (non-hydrogen) atoms. The minimum atomic E-state index is -4.24. The standard InChI is InChI=1S/C22H29FN2O4S/c1-3-5-16-22(27,17-6-4-2)21(26)24-25(19-10-8-7-9-11-19)30(28,29)20-14-12-18(23)13-15-20/h7-15,27H,3-6,16-17H2,1-2H3,(H,24,26). The number of rotatable bonds is 11. The molecule has 0 heterocycles. The number of nitrogens with one attached hydrogen (secondary N) is 1. The van der Waals surface area contributed by atoms with Crippen molar-refractivity contribution in [1.29, 1.82) is 0 Å². The zero-order valence-electron chi connectivity index (χ0n) is 17.3. The molecule has 0 spiro atoms. The number of carbonyl (C=O) groups is 1. The lowest BCUT2D eigenvalue weighted by Gasteiger charge is -2.31. The van der Waals surface area contributed by atoms with Gasteiger partial charge < -0.3 is 5.11 Å². The van der Waals surface area contributed by atoms with E-state index >= 15 is 0 Å². The first-order chi connectivity index (χ1) is 14.2. The summed E-state index contributed by atoms with van der Waals surface area (Å²) in [4.78, 5) is 12.9. The van der Waals surface area contributed by atoms with E-state index in [1.54, 1.807) is 18.2 Å². The fraction of sp³-hybridized carbons (Fsp3) is 0.409. The Labute approximate surface area is 177 Å². The Hall–Kier alpha value is -2.45. The summed E-state index contributed by atoms with van der Waals surface area (Å²) in [5.74, 6) is -1.35. The smallest absolute Gasteiger partial charge is 0.281 e. The van der Waals surface area contributed by atoms with E-state index in [2.05, 4.69) is 5.43 Å². The normalized spacial score (nSPS) is 11.9.